The Morgan fingerprint density at radius 3 is 2.75 bits per heavy atom. The number of oxazole rings is 1. The van der Waals surface area contributed by atoms with Gasteiger partial charge in [-0.2, -0.15) is 5.26 Å². The lowest BCUT2D eigenvalue weighted by Gasteiger charge is -2.02. The molecule has 1 N–H and O–H groups in total. The van der Waals surface area contributed by atoms with Crippen LogP contribution in [-0.4, -0.2) is 20.9 Å². The second-order valence-electron chi connectivity index (χ2n) is 5.55. The quantitative estimate of drug-likeness (QED) is 0.561. The highest BCUT2D eigenvalue weighted by Gasteiger charge is 2.20. The number of benzene rings is 1. The summed E-state index contributed by atoms with van der Waals surface area (Å²) in [6.45, 7) is 0. The van der Waals surface area contributed by atoms with Crippen molar-refractivity contribution >= 4 is 22.4 Å². The number of nitriles is 1. The van der Waals surface area contributed by atoms with Gasteiger partial charge in [-0.1, -0.05) is 6.07 Å². The third kappa shape index (κ3) is 3.49. The molecule has 7 nitrogen and oxygen atoms in total. The van der Waals surface area contributed by atoms with E-state index in [-0.39, 0.29) is 17.3 Å². The summed E-state index contributed by atoms with van der Waals surface area (Å²) in [6.07, 6.45) is 1.15. The number of rotatable bonds is 4. The highest BCUT2D eigenvalue weighted by atomic mass is 32.1. The second kappa shape index (κ2) is 7.38. The number of hydrogen-bond acceptors (Lipinski definition) is 7. The van der Waals surface area contributed by atoms with Crippen LogP contribution in [0.4, 0.5) is 9.52 Å². The number of anilines is 1. The first-order chi connectivity index (χ1) is 13.6. The van der Waals surface area contributed by atoms with Crippen molar-refractivity contribution in [3.63, 3.8) is 0 Å². The summed E-state index contributed by atoms with van der Waals surface area (Å²) in [6, 6.07) is 12.6. The summed E-state index contributed by atoms with van der Waals surface area (Å²) < 4.78 is 18.3. The molecule has 0 bridgehead atoms. The molecule has 0 atom stereocenters. The average molecular weight is 391 g/mol. The number of nitrogens with zero attached hydrogens (tertiary/aromatic N) is 4. The maximum atomic E-state index is 13.1. The van der Waals surface area contributed by atoms with Gasteiger partial charge in [0.05, 0.1) is 5.69 Å². The predicted molar refractivity (Wildman–Crippen MR) is 99.9 cm³/mol. The smallest absolute Gasteiger partial charge is 0.295 e. The van der Waals surface area contributed by atoms with Gasteiger partial charge >= 0.3 is 0 Å². The van der Waals surface area contributed by atoms with E-state index in [1.807, 2.05) is 6.07 Å². The highest BCUT2D eigenvalue weighted by Crippen LogP contribution is 2.26. The molecule has 3 aromatic heterocycles. The third-order valence-electron chi connectivity index (χ3n) is 3.74. The number of nitrogens with one attached hydrogen (secondary N) is 1. The molecule has 0 radical (unpaired) electrons. The zero-order chi connectivity index (χ0) is 19.5. The van der Waals surface area contributed by atoms with Crippen molar-refractivity contribution in [2.45, 2.75) is 0 Å². The van der Waals surface area contributed by atoms with Crippen LogP contribution >= 0.6 is 11.3 Å². The monoisotopic (exact) mass is 391 g/mol. The van der Waals surface area contributed by atoms with Crippen LogP contribution < -0.4 is 5.32 Å². The van der Waals surface area contributed by atoms with Gasteiger partial charge in [-0.3, -0.25) is 10.1 Å². The zero-order valence-corrected chi connectivity index (χ0v) is 14.9. The summed E-state index contributed by atoms with van der Waals surface area (Å²) in [4.78, 5) is 25.1. The molecule has 3 heterocycles. The first-order valence-electron chi connectivity index (χ1n) is 7.98. The van der Waals surface area contributed by atoms with Crippen molar-refractivity contribution < 1.29 is 13.6 Å². The van der Waals surface area contributed by atoms with Crippen LogP contribution in [0.3, 0.4) is 0 Å². The fourth-order valence-electron chi connectivity index (χ4n) is 2.46. The normalized spacial score (nSPS) is 10.4. The Balaban J connectivity index is 1.56. The summed E-state index contributed by atoms with van der Waals surface area (Å²) in [5, 5.41) is 13.7. The lowest BCUT2D eigenvalue weighted by atomic mass is 10.1. The fraction of sp³-hybridized carbons (Fsp3) is 0. The van der Waals surface area contributed by atoms with E-state index in [4.69, 9.17) is 9.68 Å². The first kappa shape index (κ1) is 17.5. The van der Waals surface area contributed by atoms with E-state index < -0.39 is 5.91 Å². The van der Waals surface area contributed by atoms with E-state index >= 15 is 0 Å². The number of halogens is 1. The van der Waals surface area contributed by atoms with Crippen molar-refractivity contribution in [3.8, 4) is 28.7 Å². The van der Waals surface area contributed by atoms with Crippen LogP contribution in [0.5, 0.6) is 0 Å². The minimum atomic E-state index is -0.531. The van der Waals surface area contributed by atoms with E-state index in [1.54, 1.807) is 23.6 Å². The Bertz CT molecular complexity index is 1190. The lowest BCUT2D eigenvalue weighted by Crippen LogP contribution is -2.12. The minimum absolute atomic E-state index is 0.00652. The Kier molecular flexibility index (Phi) is 4.62. The van der Waals surface area contributed by atoms with Gasteiger partial charge in [-0.15, -0.1) is 11.3 Å². The number of hydrogen-bond donors (Lipinski definition) is 1. The highest BCUT2D eigenvalue weighted by molar-refractivity contribution is 7.14. The summed E-state index contributed by atoms with van der Waals surface area (Å²) in [5.74, 6) is -0.924. The van der Waals surface area contributed by atoms with Crippen LogP contribution in [0.25, 0.3) is 22.6 Å². The molecular weight excluding hydrogens is 381 g/mol. The maximum absolute atomic E-state index is 13.1. The van der Waals surface area contributed by atoms with Gasteiger partial charge in [0, 0.05) is 10.9 Å². The molecular formula is C19H10FN5O2S. The molecule has 0 aliphatic heterocycles. The Morgan fingerprint density at radius 1 is 1.14 bits per heavy atom. The van der Waals surface area contributed by atoms with E-state index in [1.165, 1.54) is 35.6 Å². The molecule has 0 saturated carbocycles. The molecule has 0 aliphatic rings. The summed E-state index contributed by atoms with van der Waals surface area (Å²) >= 11 is 1.21. The van der Waals surface area contributed by atoms with Crippen LogP contribution in [0.1, 0.15) is 16.2 Å². The van der Waals surface area contributed by atoms with Crippen molar-refractivity contribution in [2.75, 3.05) is 5.32 Å². The van der Waals surface area contributed by atoms with Gasteiger partial charge in [0.25, 0.3) is 5.91 Å². The molecule has 0 aliphatic carbocycles. The van der Waals surface area contributed by atoms with Crippen molar-refractivity contribution in [1.29, 1.82) is 5.26 Å². The van der Waals surface area contributed by atoms with Gasteiger partial charge in [-0.25, -0.2) is 19.3 Å². The number of thiazole rings is 1. The first-order valence-corrected chi connectivity index (χ1v) is 8.86. The zero-order valence-electron chi connectivity index (χ0n) is 14.1. The Labute approximate surface area is 162 Å². The molecule has 1 aromatic carbocycles. The van der Waals surface area contributed by atoms with Gasteiger partial charge < -0.3 is 4.42 Å². The lowest BCUT2D eigenvalue weighted by molar-refractivity contribution is 0.0997. The van der Waals surface area contributed by atoms with Crippen molar-refractivity contribution in [1.82, 2.24) is 15.0 Å². The number of aromatic nitrogens is 3. The third-order valence-corrected chi connectivity index (χ3v) is 4.50. The number of pyridine rings is 1. The van der Waals surface area contributed by atoms with Crippen LogP contribution in [-0.2, 0) is 0 Å². The molecule has 0 spiro atoms. The van der Waals surface area contributed by atoms with Crippen LogP contribution in [0.2, 0.25) is 0 Å². The molecule has 0 unspecified atom stereocenters. The average Bonchev–Trinajstić information content (AvgIpc) is 3.38. The Hall–Kier alpha value is -3.90. The standard InChI is InChI=1S/C19H10FN5O2S/c20-12-6-4-11(5-7-12)16-17(27-10-22-16)18(26)25-19-24-15(9-28-19)14-3-1-2-13(8-21)23-14/h1-7,9-10H,(H,24,25,26). The van der Waals surface area contributed by atoms with Crippen molar-refractivity contribution in [3.05, 3.63) is 71.5 Å². The molecule has 4 aromatic rings. The topological polar surface area (TPSA) is 105 Å². The van der Waals surface area contributed by atoms with Crippen LogP contribution in [0, 0.1) is 17.1 Å². The van der Waals surface area contributed by atoms with Gasteiger partial charge in [0.2, 0.25) is 5.76 Å². The number of amides is 1. The predicted octanol–water partition coefficient (Wildman–Crippen LogP) is 4.12. The largest absolute Gasteiger partial charge is 0.438 e. The summed E-state index contributed by atoms with van der Waals surface area (Å²) in [5.41, 5.74) is 2.20. The Morgan fingerprint density at radius 2 is 1.96 bits per heavy atom. The van der Waals surface area contributed by atoms with E-state index in [2.05, 4.69) is 20.3 Å². The minimum Gasteiger partial charge on any atom is -0.438 e. The summed E-state index contributed by atoms with van der Waals surface area (Å²) in [7, 11) is 0. The molecule has 0 saturated heterocycles. The second-order valence-corrected chi connectivity index (χ2v) is 6.41. The van der Waals surface area contributed by atoms with Crippen molar-refractivity contribution in [2.24, 2.45) is 0 Å². The van der Waals surface area contributed by atoms with Gasteiger partial charge in [0.15, 0.2) is 11.5 Å². The van der Waals surface area contributed by atoms with Crippen LogP contribution in [0.15, 0.2) is 58.7 Å². The van der Waals surface area contributed by atoms with E-state index in [9.17, 15) is 9.18 Å². The van der Waals surface area contributed by atoms with E-state index in [0.717, 1.165) is 6.39 Å². The van der Waals surface area contributed by atoms with E-state index in [0.29, 0.717) is 27.8 Å². The van der Waals surface area contributed by atoms with Gasteiger partial charge in [-0.05, 0) is 36.4 Å². The molecule has 4 rings (SSSR count). The molecule has 28 heavy (non-hydrogen) atoms. The number of carbonyl (C=O) groups excluding carboxylic acids is 1. The molecule has 0 fully saturated rings. The molecule has 136 valence electrons. The molecule has 9 heteroatoms. The molecule has 1 amide bonds. The fourth-order valence-corrected chi connectivity index (χ4v) is 3.16. The number of carbonyl (C=O) groups is 1. The maximum Gasteiger partial charge on any atom is 0.295 e. The van der Waals surface area contributed by atoms with Gasteiger partial charge in [0.1, 0.15) is 29.0 Å². The SMILES string of the molecule is N#Cc1cccc(-c2csc(NC(=O)c3ocnc3-c3ccc(F)cc3)n2)n1.